The maximum atomic E-state index is 13.2. The number of fused-ring (bicyclic) bond motifs is 1. The van der Waals surface area contributed by atoms with Crippen LogP contribution in [0.4, 0.5) is 4.39 Å². The molecule has 0 bridgehead atoms. The van der Waals surface area contributed by atoms with Crippen LogP contribution in [0.5, 0.6) is 0 Å². The van der Waals surface area contributed by atoms with E-state index in [-0.39, 0.29) is 5.82 Å². The van der Waals surface area contributed by atoms with Crippen LogP contribution in [0.3, 0.4) is 0 Å². The molecule has 1 aliphatic heterocycles. The van der Waals surface area contributed by atoms with Crippen LogP contribution < -0.4 is 0 Å². The van der Waals surface area contributed by atoms with Crippen molar-refractivity contribution in [3.8, 4) is 0 Å². The zero-order chi connectivity index (χ0) is 13.5. The average Bonchev–Trinajstić information content (AvgIpc) is 3.10. The van der Waals surface area contributed by atoms with Crippen LogP contribution in [0.1, 0.15) is 30.4 Å². The Morgan fingerprint density at radius 3 is 2.89 bits per heavy atom. The van der Waals surface area contributed by atoms with E-state index in [1.807, 2.05) is 0 Å². The zero-order valence-electron chi connectivity index (χ0n) is 11.2. The van der Waals surface area contributed by atoms with Gasteiger partial charge >= 0.3 is 0 Å². The quantitative estimate of drug-likeness (QED) is 0.885. The molecule has 1 fully saturated rings. The maximum absolute atomic E-state index is 13.2. The van der Waals surface area contributed by atoms with Gasteiger partial charge in [0.25, 0.3) is 0 Å². The smallest absolute Gasteiger partial charge is 0.128 e. The monoisotopic (exact) mass is 262 g/mol. The second-order valence-electron chi connectivity index (χ2n) is 5.75. The first-order chi connectivity index (χ1) is 9.13. The Hall–Kier alpha value is -1.42. The summed E-state index contributed by atoms with van der Waals surface area (Å²) in [6.45, 7) is 2.41. The number of methoxy groups -OCH3 is 1. The Kier molecular flexibility index (Phi) is 3.05. The van der Waals surface area contributed by atoms with Crippen molar-refractivity contribution in [1.29, 1.82) is 5.41 Å². The summed E-state index contributed by atoms with van der Waals surface area (Å²) >= 11 is 0. The van der Waals surface area contributed by atoms with Crippen LogP contribution in [0.25, 0.3) is 0 Å². The van der Waals surface area contributed by atoms with E-state index in [4.69, 9.17) is 10.1 Å². The first kappa shape index (κ1) is 12.6. The van der Waals surface area contributed by atoms with Gasteiger partial charge in [0.05, 0.1) is 0 Å². The van der Waals surface area contributed by atoms with Gasteiger partial charge in [-0.3, -0.25) is 5.41 Å². The number of rotatable bonds is 5. The molecule has 102 valence electrons. The fourth-order valence-electron chi connectivity index (χ4n) is 2.88. The first-order valence-electron chi connectivity index (χ1n) is 6.75. The van der Waals surface area contributed by atoms with Gasteiger partial charge in [-0.05, 0) is 42.4 Å². The number of amidine groups is 1. The molecule has 0 spiro atoms. The molecule has 0 amide bonds. The molecule has 0 radical (unpaired) electrons. The van der Waals surface area contributed by atoms with Crippen molar-refractivity contribution < 1.29 is 9.13 Å². The van der Waals surface area contributed by atoms with E-state index in [0.29, 0.717) is 11.3 Å². The highest BCUT2D eigenvalue weighted by atomic mass is 19.1. The van der Waals surface area contributed by atoms with Crippen molar-refractivity contribution in [3.05, 3.63) is 35.1 Å². The number of nitrogens with one attached hydrogen (secondary N) is 1. The highest BCUT2D eigenvalue weighted by Gasteiger charge is 2.44. The molecule has 1 aliphatic carbocycles. The van der Waals surface area contributed by atoms with Gasteiger partial charge in [0.2, 0.25) is 0 Å². The molecule has 1 heterocycles. The molecule has 1 saturated carbocycles. The van der Waals surface area contributed by atoms with E-state index in [1.54, 1.807) is 13.2 Å². The lowest BCUT2D eigenvalue weighted by Crippen LogP contribution is -2.31. The Balaban J connectivity index is 1.71. The predicted octanol–water partition coefficient (Wildman–Crippen LogP) is 2.78. The minimum atomic E-state index is -0.258. The van der Waals surface area contributed by atoms with Gasteiger partial charge in [-0.15, -0.1) is 0 Å². The van der Waals surface area contributed by atoms with Gasteiger partial charge < -0.3 is 9.64 Å². The van der Waals surface area contributed by atoms with Gasteiger partial charge in [0.15, 0.2) is 0 Å². The van der Waals surface area contributed by atoms with Crippen molar-refractivity contribution in [3.63, 3.8) is 0 Å². The fourth-order valence-corrected chi connectivity index (χ4v) is 2.88. The van der Waals surface area contributed by atoms with E-state index in [2.05, 4.69) is 4.90 Å². The molecule has 0 unspecified atom stereocenters. The van der Waals surface area contributed by atoms with Crippen LogP contribution >= 0.6 is 0 Å². The van der Waals surface area contributed by atoms with Crippen LogP contribution in [-0.4, -0.2) is 31.0 Å². The van der Waals surface area contributed by atoms with Crippen molar-refractivity contribution in [2.24, 2.45) is 5.41 Å². The lowest BCUT2D eigenvalue weighted by atomic mass is 10.0. The number of hydrogen-bond acceptors (Lipinski definition) is 2. The molecule has 2 aliphatic rings. The SMILES string of the molecule is COCCC1(CN2Cc3ccc(F)cc3C2=N)CC1. The molecule has 1 aromatic rings. The van der Waals surface area contributed by atoms with Crippen LogP contribution in [-0.2, 0) is 11.3 Å². The molecular formula is C15H19FN2O. The maximum Gasteiger partial charge on any atom is 0.128 e. The van der Waals surface area contributed by atoms with Crippen LogP contribution in [0.15, 0.2) is 18.2 Å². The number of ether oxygens (including phenoxy) is 1. The van der Waals surface area contributed by atoms with Crippen molar-refractivity contribution >= 4 is 5.84 Å². The third-order valence-electron chi connectivity index (χ3n) is 4.32. The van der Waals surface area contributed by atoms with Crippen molar-refractivity contribution in [2.45, 2.75) is 25.8 Å². The van der Waals surface area contributed by atoms with Gasteiger partial charge in [-0.1, -0.05) is 6.07 Å². The Morgan fingerprint density at radius 1 is 1.42 bits per heavy atom. The van der Waals surface area contributed by atoms with E-state index in [0.717, 1.165) is 37.2 Å². The summed E-state index contributed by atoms with van der Waals surface area (Å²) in [5.41, 5.74) is 2.14. The first-order valence-corrected chi connectivity index (χ1v) is 6.75. The minimum absolute atomic E-state index is 0.258. The minimum Gasteiger partial charge on any atom is -0.385 e. The topological polar surface area (TPSA) is 36.3 Å². The van der Waals surface area contributed by atoms with E-state index >= 15 is 0 Å². The van der Waals surface area contributed by atoms with Gasteiger partial charge in [-0.25, -0.2) is 4.39 Å². The standard InChI is InChI=1S/C15H19FN2O/c1-19-7-6-15(4-5-15)10-18-9-11-2-3-12(16)8-13(11)14(18)17/h2-3,8,17H,4-7,9-10H2,1H3. The molecule has 1 N–H and O–H groups in total. The normalized spacial score (nSPS) is 19.7. The Morgan fingerprint density at radius 2 is 2.21 bits per heavy atom. The number of benzene rings is 1. The summed E-state index contributed by atoms with van der Waals surface area (Å²) in [4.78, 5) is 2.08. The summed E-state index contributed by atoms with van der Waals surface area (Å²) in [5, 5.41) is 8.20. The number of nitrogens with zero attached hydrogens (tertiary/aromatic N) is 1. The van der Waals surface area contributed by atoms with Gasteiger partial charge in [-0.2, -0.15) is 0 Å². The Bertz CT molecular complexity index is 511. The molecular weight excluding hydrogens is 243 g/mol. The molecule has 1 aromatic carbocycles. The Labute approximate surface area is 112 Å². The van der Waals surface area contributed by atoms with Crippen LogP contribution in [0, 0.1) is 16.6 Å². The number of hydrogen-bond donors (Lipinski definition) is 1. The molecule has 3 nitrogen and oxygen atoms in total. The van der Waals surface area contributed by atoms with Crippen molar-refractivity contribution in [2.75, 3.05) is 20.3 Å². The zero-order valence-corrected chi connectivity index (χ0v) is 11.2. The molecule has 0 aromatic heterocycles. The predicted molar refractivity (Wildman–Crippen MR) is 71.8 cm³/mol. The van der Waals surface area contributed by atoms with Crippen molar-refractivity contribution in [1.82, 2.24) is 4.90 Å². The fraction of sp³-hybridized carbons (Fsp3) is 0.533. The van der Waals surface area contributed by atoms with Gasteiger partial charge in [0.1, 0.15) is 11.7 Å². The molecule has 4 heteroatoms. The lowest BCUT2D eigenvalue weighted by Gasteiger charge is -2.24. The third-order valence-corrected chi connectivity index (χ3v) is 4.32. The van der Waals surface area contributed by atoms with E-state index < -0.39 is 0 Å². The summed E-state index contributed by atoms with van der Waals surface area (Å²) < 4.78 is 18.4. The molecule has 3 rings (SSSR count). The van der Waals surface area contributed by atoms with E-state index in [1.165, 1.54) is 25.0 Å². The highest BCUT2D eigenvalue weighted by molar-refractivity contribution is 6.00. The largest absolute Gasteiger partial charge is 0.385 e. The van der Waals surface area contributed by atoms with E-state index in [9.17, 15) is 4.39 Å². The average molecular weight is 262 g/mol. The van der Waals surface area contributed by atoms with Crippen LogP contribution in [0.2, 0.25) is 0 Å². The molecule has 19 heavy (non-hydrogen) atoms. The summed E-state index contributed by atoms with van der Waals surface area (Å²) in [7, 11) is 1.73. The molecule has 0 saturated heterocycles. The summed E-state index contributed by atoms with van der Waals surface area (Å²) in [5.74, 6) is 0.212. The number of halogens is 1. The molecule has 0 atom stereocenters. The second kappa shape index (κ2) is 4.60. The highest BCUT2D eigenvalue weighted by Crippen LogP contribution is 2.50. The van der Waals surface area contributed by atoms with Gasteiger partial charge in [0, 0.05) is 32.4 Å². The second-order valence-corrected chi connectivity index (χ2v) is 5.75. The summed E-state index contributed by atoms with van der Waals surface area (Å²) in [6.07, 6.45) is 3.48. The third kappa shape index (κ3) is 2.37. The lowest BCUT2D eigenvalue weighted by molar-refractivity contribution is 0.162. The summed E-state index contributed by atoms with van der Waals surface area (Å²) in [6, 6.07) is 4.76.